The highest BCUT2D eigenvalue weighted by molar-refractivity contribution is 5.87. The highest BCUT2D eigenvalue weighted by Gasteiger charge is 2.17. The predicted octanol–water partition coefficient (Wildman–Crippen LogP) is 2.58. The van der Waals surface area contributed by atoms with Crippen molar-refractivity contribution in [1.29, 1.82) is 0 Å². The van der Waals surface area contributed by atoms with E-state index in [0.29, 0.717) is 11.1 Å². The number of pyridine rings is 1. The summed E-state index contributed by atoms with van der Waals surface area (Å²) in [4.78, 5) is 15.0. The molecule has 2 heterocycles. The third kappa shape index (κ3) is 2.95. The van der Waals surface area contributed by atoms with Gasteiger partial charge in [0.05, 0.1) is 10.4 Å². The van der Waals surface area contributed by atoms with E-state index in [1.807, 2.05) is 13.0 Å². The number of fused-ring (bicyclic) bond motifs is 1. The Morgan fingerprint density at radius 3 is 2.81 bits per heavy atom. The number of nitro benzene ring substituents is 1. The van der Waals surface area contributed by atoms with Crippen molar-refractivity contribution in [1.82, 2.24) is 10.3 Å². The fourth-order valence-electron chi connectivity index (χ4n) is 2.61. The zero-order valence-corrected chi connectivity index (χ0v) is 11.8. The van der Waals surface area contributed by atoms with Crippen molar-refractivity contribution in [2.45, 2.75) is 25.9 Å². The molecule has 3 rings (SSSR count). The van der Waals surface area contributed by atoms with Gasteiger partial charge in [-0.3, -0.25) is 15.1 Å². The van der Waals surface area contributed by atoms with Crippen LogP contribution in [0.25, 0.3) is 10.9 Å². The standard InChI is InChI=1S/C15H17N3O3/c1-10-8-15(21-12-4-6-16-7-5-12)13-9-11(18(19)20)2-3-14(13)17-10/h2-3,8-9,12,16H,4-7H2,1H3. The number of nitro groups is 1. The number of rotatable bonds is 3. The lowest BCUT2D eigenvalue weighted by molar-refractivity contribution is -0.384. The van der Waals surface area contributed by atoms with E-state index in [9.17, 15) is 10.1 Å². The Bertz CT molecular complexity index is 681. The van der Waals surface area contributed by atoms with Gasteiger partial charge in [-0.2, -0.15) is 0 Å². The van der Waals surface area contributed by atoms with E-state index in [4.69, 9.17) is 4.74 Å². The number of aromatic nitrogens is 1. The van der Waals surface area contributed by atoms with Crippen LogP contribution in [-0.4, -0.2) is 29.1 Å². The van der Waals surface area contributed by atoms with Crippen molar-refractivity contribution < 1.29 is 9.66 Å². The summed E-state index contributed by atoms with van der Waals surface area (Å²) in [6, 6.07) is 6.55. The molecule has 1 aliphatic heterocycles. The van der Waals surface area contributed by atoms with Gasteiger partial charge in [0.15, 0.2) is 0 Å². The quantitative estimate of drug-likeness (QED) is 0.693. The van der Waals surface area contributed by atoms with Crippen LogP contribution in [0.1, 0.15) is 18.5 Å². The molecule has 0 spiro atoms. The average Bonchev–Trinajstić information content (AvgIpc) is 2.47. The monoisotopic (exact) mass is 287 g/mol. The summed E-state index contributed by atoms with van der Waals surface area (Å²) in [5.74, 6) is 0.688. The van der Waals surface area contributed by atoms with Gasteiger partial charge in [0, 0.05) is 29.3 Å². The lowest BCUT2D eigenvalue weighted by Crippen LogP contribution is -2.34. The molecule has 1 aliphatic rings. The molecular formula is C15H17N3O3. The van der Waals surface area contributed by atoms with Gasteiger partial charge in [-0.1, -0.05) is 0 Å². The Morgan fingerprint density at radius 1 is 1.33 bits per heavy atom. The van der Waals surface area contributed by atoms with Gasteiger partial charge in [-0.05, 0) is 38.9 Å². The first-order valence-corrected chi connectivity index (χ1v) is 7.06. The van der Waals surface area contributed by atoms with E-state index in [0.717, 1.165) is 37.1 Å². The molecule has 1 aromatic carbocycles. The third-order valence-electron chi connectivity index (χ3n) is 3.67. The molecule has 21 heavy (non-hydrogen) atoms. The molecule has 0 amide bonds. The van der Waals surface area contributed by atoms with E-state index in [2.05, 4.69) is 10.3 Å². The zero-order chi connectivity index (χ0) is 14.8. The minimum absolute atomic E-state index is 0.0586. The van der Waals surface area contributed by atoms with Crippen LogP contribution in [0.2, 0.25) is 0 Å². The summed E-state index contributed by atoms with van der Waals surface area (Å²) in [6.07, 6.45) is 2.03. The second-order valence-corrected chi connectivity index (χ2v) is 5.29. The van der Waals surface area contributed by atoms with Gasteiger partial charge in [-0.25, -0.2) is 0 Å². The van der Waals surface area contributed by atoms with Crippen molar-refractivity contribution in [2.75, 3.05) is 13.1 Å². The molecule has 2 aromatic rings. The van der Waals surface area contributed by atoms with Crippen molar-refractivity contribution in [3.05, 3.63) is 40.1 Å². The SMILES string of the molecule is Cc1cc(OC2CCNCC2)c2cc([N+](=O)[O-])ccc2n1. The van der Waals surface area contributed by atoms with Crippen molar-refractivity contribution in [2.24, 2.45) is 0 Å². The molecule has 0 bridgehead atoms. The van der Waals surface area contributed by atoms with E-state index >= 15 is 0 Å². The molecule has 6 nitrogen and oxygen atoms in total. The van der Waals surface area contributed by atoms with E-state index in [-0.39, 0.29) is 11.8 Å². The van der Waals surface area contributed by atoms with Gasteiger partial charge < -0.3 is 10.1 Å². The second kappa shape index (κ2) is 5.65. The zero-order valence-electron chi connectivity index (χ0n) is 11.8. The summed E-state index contributed by atoms with van der Waals surface area (Å²) in [6.45, 7) is 3.77. The summed E-state index contributed by atoms with van der Waals surface area (Å²) >= 11 is 0. The normalized spacial score (nSPS) is 16.0. The molecule has 6 heteroatoms. The van der Waals surface area contributed by atoms with Gasteiger partial charge in [-0.15, -0.1) is 0 Å². The number of aryl methyl sites for hydroxylation is 1. The van der Waals surface area contributed by atoms with Crippen LogP contribution in [0.15, 0.2) is 24.3 Å². The van der Waals surface area contributed by atoms with Gasteiger partial charge in [0.1, 0.15) is 11.9 Å². The van der Waals surface area contributed by atoms with Crippen molar-refractivity contribution in [3.8, 4) is 5.75 Å². The topological polar surface area (TPSA) is 77.3 Å². The molecule has 110 valence electrons. The third-order valence-corrected chi connectivity index (χ3v) is 3.67. The van der Waals surface area contributed by atoms with Crippen LogP contribution in [0.4, 0.5) is 5.69 Å². The number of ether oxygens (including phenoxy) is 1. The summed E-state index contributed by atoms with van der Waals surface area (Å²) in [5, 5.41) is 14.9. The summed E-state index contributed by atoms with van der Waals surface area (Å²) in [7, 11) is 0. The fourth-order valence-corrected chi connectivity index (χ4v) is 2.61. The van der Waals surface area contributed by atoms with Crippen molar-refractivity contribution >= 4 is 16.6 Å². The highest BCUT2D eigenvalue weighted by Crippen LogP contribution is 2.30. The Labute approximate surface area is 122 Å². The number of nitrogens with zero attached hydrogens (tertiary/aromatic N) is 2. The maximum atomic E-state index is 10.9. The van der Waals surface area contributed by atoms with Gasteiger partial charge >= 0.3 is 0 Å². The lowest BCUT2D eigenvalue weighted by atomic mass is 10.1. The lowest BCUT2D eigenvalue weighted by Gasteiger charge is -2.24. The molecule has 0 atom stereocenters. The van der Waals surface area contributed by atoms with E-state index < -0.39 is 4.92 Å². The van der Waals surface area contributed by atoms with Crippen LogP contribution in [0.5, 0.6) is 5.75 Å². The Balaban J connectivity index is 2.01. The number of piperidine rings is 1. The Hall–Kier alpha value is -2.21. The number of non-ortho nitro benzene ring substituents is 1. The van der Waals surface area contributed by atoms with Crippen LogP contribution in [0, 0.1) is 17.0 Å². The van der Waals surface area contributed by atoms with Crippen LogP contribution >= 0.6 is 0 Å². The molecule has 0 saturated carbocycles. The minimum atomic E-state index is -0.395. The molecule has 1 fully saturated rings. The number of benzene rings is 1. The van der Waals surface area contributed by atoms with E-state index in [1.54, 1.807) is 6.07 Å². The highest BCUT2D eigenvalue weighted by atomic mass is 16.6. The van der Waals surface area contributed by atoms with Crippen LogP contribution in [-0.2, 0) is 0 Å². The second-order valence-electron chi connectivity index (χ2n) is 5.29. The Kier molecular flexibility index (Phi) is 3.70. The molecule has 1 aromatic heterocycles. The molecule has 1 saturated heterocycles. The van der Waals surface area contributed by atoms with Crippen LogP contribution < -0.4 is 10.1 Å². The molecular weight excluding hydrogens is 270 g/mol. The van der Waals surface area contributed by atoms with Gasteiger partial charge in [0.2, 0.25) is 0 Å². The molecule has 0 radical (unpaired) electrons. The summed E-state index contributed by atoms with van der Waals surface area (Å²) in [5.41, 5.74) is 1.63. The fraction of sp³-hybridized carbons (Fsp3) is 0.400. The smallest absolute Gasteiger partial charge is 0.270 e. The number of hydrogen-bond acceptors (Lipinski definition) is 5. The molecule has 0 unspecified atom stereocenters. The maximum absolute atomic E-state index is 10.9. The number of hydrogen-bond donors (Lipinski definition) is 1. The van der Waals surface area contributed by atoms with Crippen molar-refractivity contribution in [3.63, 3.8) is 0 Å². The first-order valence-electron chi connectivity index (χ1n) is 7.06. The molecule has 1 N–H and O–H groups in total. The first kappa shape index (κ1) is 13.8. The first-order chi connectivity index (χ1) is 10.1. The van der Waals surface area contributed by atoms with Crippen LogP contribution in [0.3, 0.4) is 0 Å². The average molecular weight is 287 g/mol. The summed E-state index contributed by atoms with van der Waals surface area (Å²) < 4.78 is 6.08. The van der Waals surface area contributed by atoms with E-state index in [1.165, 1.54) is 12.1 Å². The molecule has 0 aliphatic carbocycles. The largest absolute Gasteiger partial charge is 0.490 e. The Morgan fingerprint density at radius 2 is 2.10 bits per heavy atom. The van der Waals surface area contributed by atoms with Gasteiger partial charge in [0.25, 0.3) is 5.69 Å². The minimum Gasteiger partial charge on any atom is -0.490 e. The predicted molar refractivity (Wildman–Crippen MR) is 79.7 cm³/mol. The number of nitrogens with one attached hydrogen (secondary N) is 1. The maximum Gasteiger partial charge on any atom is 0.270 e.